The fourth-order valence-corrected chi connectivity index (χ4v) is 1.84. The molecule has 2 heteroatoms. The molecule has 2 rings (SSSR count). The van der Waals surface area contributed by atoms with Crippen LogP contribution >= 0.6 is 0 Å². The molecule has 0 saturated carbocycles. The van der Waals surface area contributed by atoms with Crippen molar-refractivity contribution < 1.29 is 9.13 Å². The second-order valence-electron chi connectivity index (χ2n) is 3.92. The van der Waals surface area contributed by atoms with Gasteiger partial charge in [0.15, 0.2) is 0 Å². The lowest BCUT2D eigenvalue weighted by atomic mass is 9.92. The summed E-state index contributed by atoms with van der Waals surface area (Å²) in [6.45, 7) is 0. The molecule has 0 amide bonds. The predicted octanol–water partition coefficient (Wildman–Crippen LogP) is 3.60. The Morgan fingerprint density at radius 2 is 1.50 bits per heavy atom. The van der Waals surface area contributed by atoms with Gasteiger partial charge in [0.05, 0.1) is 13.0 Å². The van der Waals surface area contributed by atoms with Crippen molar-refractivity contribution in [3.8, 4) is 18.1 Å². The van der Waals surface area contributed by atoms with Crippen LogP contribution < -0.4 is 4.74 Å². The summed E-state index contributed by atoms with van der Waals surface area (Å²) in [5.41, 5.74) is 1.90. The Kier molecular flexibility index (Phi) is 3.64. The number of terminal acetylenes is 1. The molecule has 0 saturated heterocycles. The SMILES string of the molecule is C#CC(c1ccc(F)cc1)c1ccc(OC)cc1. The summed E-state index contributed by atoms with van der Waals surface area (Å²) < 4.78 is 18.0. The lowest BCUT2D eigenvalue weighted by molar-refractivity contribution is 0.414. The number of rotatable bonds is 3. The third-order valence-corrected chi connectivity index (χ3v) is 2.82. The summed E-state index contributed by atoms with van der Waals surface area (Å²) in [6.07, 6.45) is 5.57. The number of ether oxygens (including phenoxy) is 1. The highest BCUT2D eigenvalue weighted by Crippen LogP contribution is 2.25. The number of methoxy groups -OCH3 is 1. The van der Waals surface area contributed by atoms with Crippen molar-refractivity contribution in [2.45, 2.75) is 5.92 Å². The van der Waals surface area contributed by atoms with Gasteiger partial charge in [0.2, 0.25) is 0 Å². The monoisotopic (exact) mass is 240 g/mol. The topological polar surface area (TPSA) is 9.23 Å². The van der Waals surface area contributed by atoms with Crippen LogP contribution in [0.2, 0.25) is 0 Å². The summed E-state index contributed by atoms with van der Waals surface area (Å²) in [6, 6.07) is 13.8. The molecule has 0 aromatic heterocycles. The van der Waals surface area contributed by atoms with Crippen LogP contribution in [0.15, 0.2) is 48.5 Å². The van der Waals surface area contributed by atoms with Crippen LogP contribution in [0.1, 0.15) is 17.0 Å². The number of hydrogen-bond donors (Lipinski definition) is 0. The minimum atomic E-state index is -0.260. The fourth-order valence-electron chi connectivity index (χ4n) is 1.84. The van der Waals surface area contributed by atoms with E-state index >= 15 is 0 Å². The Labute approximate surface area is 106 Å². The van der Waals surface area contributed by atoms with Crippen molar-refractivity contribution in [1.82, 2.24) is 0 Å². The third kappa shape index (κ3) is 2.52. The zero-order valence-corrected chi connectivity index (χ0v) is 10.1. The Bertz CT molecular complexity index is 549. The molecule has 0 N–H and O–H groups in total. The first-order chi connectivity index (χ1) is 8.74. The van der Waals surface area contributed by atoms with Crippen molar-refractivity contribution in [2.75, 3.05) is 7.11 Å². The molecule has 0 heterocycles. The van der Waals surface area contributed by atoms with Gasteiger partial charge >= 0.3 is 0 Å². The smallest absolute Gasteiger partial charge is 0.123 e. The standard InChI is InChI=1S/C16H13FO/c1-3-16(12-4-8-14(17)9-5-12)13-6-10-15(18-2)11-7-13/h1,4-11,16H,2H3. The predicted molar refractivity (Wildman–Crippen MR) is 70.1 cm³/mol. The van der Waals surface area contributed by atoms with E-state index < -0.39 is 0 Å². The molecule has 1 atom stereocenters. The summed E-state index contributed by atoms with van der Waals surface area (Å²) in [5.74, 6) is 3.08. The highest BCUT2D eigenvalue weighted by molar-refractivity contribution is 5.41. The van der Waals surface area contributed by atoms with Gasteiger partial charge in [-0.2, -0.15) is 0 Å². The Morgan fingerprint density at radius 1 is 1.00 bits per heavy atom. The average molecular weight is 240 g/mol. The first kappa shape index (κ1) is 12.2. The normalized spacial score (nSPS) is 11.6. The van der Waals surface area contributed by atoms with E-state index in [9.17, 15) is 4.39 Å². The first-order valence-corrected chi connectivity index (χ1v) is 5.60. The molecule has 0 radical (unpaired) electrons. The minimum absolute atomic E-state index is 0.170. The minimum Gasteiger partial charge on any atom is -0.497 e. The van der Waals surface area contributed by atoms with Gasteiger partial charge in [0.1, 0.15) is 11.6 Å². The summed E-state index contributed by atoms with van der Waals surface area (Å²) in [4.78, 5) is 0. The van der Waals surface area contributed by atoms with Gasteiger partial charge in [-0.3, -0.25) is 0 Å². The first-order valence-electron chi connectivity index (χ1n) is 5.60. The Hall–Kier alpha value is -2.27. The molecule has 1 unspecified atom stereocenters. The van der Waals surface area contributed by atoms with E-state index in [2.05, 4.69) is 5.92 Å². The van der Waals surface area contributed by atoms with Gasteiger partial charge < -0.3 is 4.74 Å². The zero-order chi connectivity index (χ0) is 13.0. The lowest BCUT2D eigenvalue weighted by Gasteiger charge is -2.12. The fraction of sp³-hybridized carbons (Fsp3) is 0.125. The van der Waals surface area contributed by atoms with Crippen LogP contribution in [0.25, 0.3) is 0 Å². The molecule has 0 bridgehead atoms. The number of hydrogen-bond acceptors (Lipinski definition) is 1. The molecule has 0 aliphatic heterocycles. The molecule has 90 valence electrons. The second kappa shape index (κ2) is 5.37. The van der Waals surface area contributed by atoms with E-state index in [4.69, 9.17) is 11.2 Å². The second-order valence-corrected chi connectivity index (χ2v) is 3.92. The van der Waals surface area contributed by atoms with Crippen molar-refractivity contribution >= 4 is 0 Å². The van der Waals surface area contributed by atoms with Gasteiger partial charge in [-0.1, -0.05) is 30.2 Å². The molecule has 0 aliphatic carbocycles. The largest absolute Gasteiger partial charge is 0.497 e. The van der Waals surface area contributed by atoms with E-state index in [1.165, 1.54) is 12.1 Å². The van der Waals surface area contributed by atoms with Gasteiger partial charge in [0.25, 0.3) is 0 Å². The number of halogens is 1. The Balaban J connectivity index is 2.33. The molecular formula is C16H13FO. The van der Waals surface area contributed by atoms with E-state index in [1.807, 2.05) is 24.3 Å². The molecule has 0 spiro atoms. The van der Waals surface area contributed by atoms with Gasteiger partial charge in [-0.05, 0) is 35.4 Å². The van der Waals surface area contributed by atoms with Crippen molar-refractivity contribution in [3.63, 3.8) is 0 Å². The van der Waals surface area contributed by atoms with Crippen molar-refractivity contribution in [3.05, 3.63) is 65.5 Å². The molecule has 2 aromatic rings. The maximum absolute atomic E-state index is 12.9. The summed E-state index contributed by atoms with van der Waals surface area (Å²) in [7, 11) is 1.62. The molecule has 0 fully saturated rings. The van der Waals surface area contributed by atoms with Crippen molar-refractivity contribution in [1.29, 1.82) is 0 Å². The average Bonchev–Trinajstić information content (AvgIpc) is 2.42. The van der Waals surface area contributed by atoms with Gasteiger partial charge in [-0.15, -0.1) is 6.42 Å². The lowest BCUT2D eigenvalue weighted by Crippen LogP contribution is -1.98. The van der Waals surface area contributed by atoms with Gasteiger partial charge in [-0.25, -0.2) is 4.39 Å². The van der Waals surface area contributed by atoms with Crippen LogP contribution in [-0.4, -0.2) is 7.11 Å². The summed E-state index contributed by atoms with van der Waals surface area (Å²) >= 11 is 0. The molecular weight excluding hydrogens is 227 g/mol. The van der Waals surface area contributed by atoms with Crippen LogP contribution in [0, 0.1) is 18.2 Å². The summed E-state index contributed by atoms with van der Waals surface area (Å²) in [5, 5.41) is 0. The molecule has 18 heavy (non-hydrogen) atoms. The molecule has 0 aliphatic rings. The van der Waals surface area contributed by atoms with Crippen LogP contribution in [0.3, 0.4) is 0 Å². The zero-order valence-electron chi connectivity index (χ0n) is 10.1. The van der Waals surface area contributed by atoms with E-state index in [0.717, 1.165) is 16.9 Å². The highest BCUT2D eigenvalue weighted by atomic mass is 19.1. The molecule has 1 nitrogen and oxygen atoms in total. The Morgan fingerprint density at radius 3 is 1.94 bits per heavy atom. The van der Waals surface area contributed by atoms with E-state index in [0.29, 0.717) is 0 Å². The van der Waals surface area contributed by atoms with E-state index in [1.54, 1.807) is 19.2 Å². The maximum atomic E-state index is 12.9. The van der Waals surface area contributed by atoms with Crippen molar-refractivity contribution in [2.24, 2.45) is 0 Å². The van der Waals surface area contributed by atoms with Gasteiger partial charge in [0, 0.05) is 0 Å². The van der Waals surface area contributed by atoms with Crippen LogP contribution in [-0.2, 0) is 0 Å². The van der Waals surface area contributed by atoms with Crippen LogP contribution in [0.5, 0.6) is 5.75 Å². The highest BCUT2D eigenvalue weighted by Gasteiger charge is 2.11. The maximum Gasteiger partial charge on any atom is 0.123 e. The molecule has 2 aromatic carbocycles. The quantitative estimate of drug-likeness (QED) is 0.745. The van der Waals surface area contributed by atoms with E-state index in [-0.39, 0.29) is 11.7 Å². The number of benzene rings is 2. The van der Waals surface area contributed by atoms with Crippen LogP contribution in [0.4, 0.5) is 4.39 Å². The third-order valence-electron chi connectivity index (χ3n) is 2.82.